The highest BCUT2D eigenvalue weighted by atomic mass is 32.2. The summed E-state index contributed by atoms with van der Waals surface area (Å²) in [6.07, 6.45) is 1.69. The lowest BCUT2D eigenvalue weighted by Crippen LogP contribution is -2.28. The molecule has 3 aromatic carbocycles. The number of anilines is 1. The number of aromatic hydroxyl groups is 1. The molecule has 0 aromatic heterocycles. The van der Waals surface area contributed by atoms with Crippen LogP contribution in [0.3, 0.4) is 0 Å². The zero-order valence-corrected chi connectivity index (χ0v) is 15.9. The molecule has 1 saturated heterocycles. The van der Waals surface area contributed by atoms with Gasteiger partial charge in [0.25, 0.3) is 5.91 Å². The highest BCUT2D eigenvalue weighted by molar-refractivity contribution is 7.89. The van der Waals surface area contributed by atoms with Gasteiger partial charge in [-0.15, -0.1) is 0 Å². The van der Waals surface area contributed by atoms with Crippen molar-refractivity contribution in [2.24, 2.45) is 0 Å². The van der Waals surface area contributed by atoms with Gasteiger partial charge in [-0.05, 0) is 42.5 Å². The summed E-state index contributed by atoms with van der Waals surface area (Å²) in [5.74, 6) is -0.530. The van der Waals surface area contributed by atoms with Crippen molar-refractivity contribution in [1.82, 2.24) is 4.31 Å². The molecule has 1 aliphatic heterocycles. The third kappa shape index (κ3) is 3.34. The quantitative estimate of drug-likeness (QED) is 0.660. The van der Waals surface area contributed by atoms with E-state index in [1.807, 2.05) is 18.2 Å². The Kier molecular flexibility index (Phi) is 4.78. The van der Waals surface area contributed by atoms with Crippen LogP contribution in [0.5, 0.6) is 5.75 Å². The molecule has 0 saturated carbocycles. The standard InChI is InChI=1S/C21H20N2O4S/c24-19-11-10-15-6-1-2-9-18(15)20(19)22-21(25)16-7-5-8-17(14-16)28(26,27)23-12-3-4-13-23/h1-2,5-11,14,24H,3-4,12-13H2,(H,22,25). The second kappa shape index (κ2) is 7.26. The minimum Gasteiger partial charge on any atom is -0.506 e. The minimum atomic E-state index is -3.61. The molecule has 2 N–H and O–H groups in total. The lowest BCUT2D eigenvalue weighted by atomic mass is 10.1. The van der Waals surface area contributed by atoms with E-state index in [9.17, 15) is 18.3 Å². The van der Waals surface area contributed by atoms with E-state index in [0.717, 1.165) is 18.2 Å². The Morgan fingerprint density at radius 2 is 1.71 bits per heavy atom. The Morgan fingerprint density at radius 3 is 2.50 bits per heavy atom. The predicted molar refractivity (Wildman–Crippen MR) is 108 cm³/mol. The maximum atomic E-state index is 12.8. The van der Waals surface area contributed by atoms with Gasteiger partial charge in [-0.1, -0.05) is 36.4 Å². The molecule has 1 heterocycles. The first-order valence-corrected chi connectivity index (χ1v) is 10.5. The summed E-state index contributed by atoms with van der Waals surface area (Å²) < 4.78 is 26.9. The number of amides is 1. The van der Waals surface area contributed by atoms with Crippen LogP contribution >= 0.6 is 0 Å². The van der Waals surface area contributed by atoms with Gasteiger partial charge in [0.1, 0.15) is 5.75 Å². The molecule has 0 spiro atoms. The van der Waals surface area contributed by atoms with E-state index < -0.39 is 15.9 Å². The maximum absolute atomic E-state index is 12.8. The molecule has 0 atom stereocenters. The Bertz CT molecular complexity index is 1150. The summed E-state index contributed by atoms with van der Waals surface area (Å²) in [5.41, 5.74) is 0.517. The monoisotopic (exact) mass is 396 g/mol. The van der Waals surface area contributed by atoms with Crippen molar-refractivity contribution in [3.63, 3.8) is 0 Å². The van der Waals surface area contributed by atoms with Gasteiger partial charge in [-0.2, -0.15) is 4.31 Å². The molecule has 0 unspecified atom stereocenters. The van der Waals surface area contributed by atoms with Gasteiger partial charge in [-0.3, -0.25) is 4.79 Å². The fraction of sp³-hybridized carbons (Fsp3) is 0.190. The number of carbonyl (C=O) groups is 1. The normalized spacial score (nSPS) is 15.0. The highest BCUT2D eigenvalue weighted by Crippen LogP contribution is 2.32. The van der Waals surface area contributed by atoms with Gasteiger partial charge in [-0.25, -0.2) is 8.42 Å². The third-order valence-corrected chi connectivity index (χ3v) is 6.84. The molecular formula is C21H20N2O4S. The first kappa shape index (κ1) is 18.5. The van der Waals surface area contributed by atoms with Crippen molar-refractivity contribution in [2.45, 2.75) is 17.7 Å². The van der Waals surface area contributed by atoms with Gasteiger partial charge < -0.3 is 10.4 Å². The topological polar surface area (TPSA) is 86.7 Å². The average Bonchev–Trinajstić information content (AvgIpc) is 3.26. The second-order valence-corrected chi connectivity index (χ2v) is 8.71. The zero-order chi connectivity index (χ0) is 19.7. The van der Waals surface area contributed by atoms with Gasteiger partial charge in [0, 0.05) is 24.0 Å². The molecule has 0 bridgehead atoms. The molecule has 1 amide bonds. The molecular weight excluding hydrogens is 376 g/mol. The number of sulfonamides is 1. The van der Waals surface area contributed by atoms with E-state index in [0.29, 0.717) is 24.2 Å². The van der Waals surface area contributed by atoms with Gasteiger partial charge in [0.2, 0.25) is 10.0 Å². The summed E-state index contributed by atoms with van der Waals surface area (Å²) in [5, 5.41) is 14.5. The van der Waals surface area contributed by atoms with Crippen molar-refractivity contribution in [2.75, 3.05) is 18.4 Å². The van der Waals surface area contributed by atoms with E-state index in [-0.39, 0.29) is 16.2 Å². The average molecular weight is 396 g/mol. The number of hydrogen-bond acceptors (Lipinski definition) is 4. The van der Waals surface area contributed by atoms with E-state index >= 15 is 0 Å². The summed E-state index contributed by atoms with van der Waals surface area (Å²) >= 11 is 0. The van der Waals surface area contributed by atoms with E-state index in [1.165, 1.54) is 22.5 Å². The van der Waals surface area contributed by atoms with Crippen LogP contribution in [0.25, 0.3) is 10.8 Å². The number of carbonyl (C=O) groups excluding carboxylic acids is 1. The molecule has 1 fully saturated rings. The van der Waals surface area contributed by atoms with Gasteiger partial charge in [0.05, 0.1) is 10.6 Å². The number of nitrogens with zero attached hydrogens (tertiary/aromatic N) is 1. The smallest absolute Gasteiger partial charge is 0.255 e. The fourth-order valence-corrected chi connectivity index (χ4v) is 5.02. The number of hydrogen-bond donors (Lipinski definition) is 2. The van der Waals surface area contributed by atoms with Crippen LogP contribution < -0.4 is 5.32 Å². The molecule has 6 nitrogen and oxygen atoms in total. The number of phenolic OH excluding ortho intramolecular Hbond substituents is 1. The Balaban J connectivity index is 1.66. The lowest BCUT2D eigenvalue weighted by molar-refractivity contribution is 0.102. The fourth-order valence-electron chi connectivity index (χ4n) is 3.45. The first-order chi connectivity index (χ1) is 13.5. The molecule has 4 rings (SSSR count). The van der Waals surface area contributed by atoms with E-state index in [4.69, 9.17) is 0 Å². The number of rotatable bonds is 4. The van der Waals surface area contributed by atoms with Crippen molar-refractivity contribution >= 4 is 32.4 Å². The number of phenols is 1. The van der Waals surface area contributed by atoms with Crippen molar-refractivity contribution < 1.29 is 18.3 Å². The van der Waals surface area contributed by atoms with Crippen LogP contribution in [0.4, 0.5) is 5.69 Å². The van der Waals surface area contributed by atoms with Crippen molar-refractivity contribution in [3.8, 4) is 5.75 Å². The van der Waals surface area contributed by atoms with Crippen LogP contribution in [-0.4, -0.2) is 36.8 Å². The first-order valence-electron chi connectivity index (χ1n) is 9.09. The van der Waals surface area contributed by atoms with Crippen LogP contribution in [0.15, 0.2) is 65.6 Å². The van der Waals surface area contributed by atoms with Crippen molar-refractivity contribution in [3.05, 3.63) is 66.2 Å². The summed E-state index contributed by atoms with van der Waals surface area (Å²) in [4.78, 5) is 12.9. The highest BCUT2D eigenvalue weighted by Gasteiger charge is 2.27. The lowest BCUT2D eigenvalue weighted by Gasteiger charge is -2.16. The summed E-state index contributed by atoms with van der Waals surface area (Å²) in [6.45, 7) is 1.01. The minimum absolute atomic E-state index is 0.0482. The Morgan fingerprint density at radius 1 is 0.964 bits per heavy atom. The SMILES string of the molecule is O=C(Nc1c(O)ccc2ccccc12)c1cccc(S(=O)(=O)N2CCCC2)c1. The molecule has 28 heavy (non-hydrogen) atoms. The van der Waals surface area contributed by atoms with Gasteiger partial charge in [0.15, 0.2) is 0 Å². The van der Waals surface area contributed by atoms with Crippen LogP contribution in [0, 0.1) is 0 Å². The summed E-state index contributed by atoms with van der Waals surface area (Å²) in [7, 11) is -3.61. The molecule has 1 aliphatic rings. The molecule has 3 aromatic rings. The van der Waals surface area contributed by atoms with Crippen LogP contribution in [0.2, 0.25) is 0 Å². The molecule has 0 aliphatic carbocycles. The van der Waals surface area contributed by atoms with Crippen LogP contribution in [0.1, 0.15) is 23.2 Å². The second-order valence-electron chi connectivity index (χ2n) is 6.77. The van der Waals surface area contributed by atoms with Crippen LogP contribution in [-0.2, 0) is 10.0 Å². The van der Waals surface area contributed by atoms with E-state index in [1.54, 1.807) is 24.3 Å². The number of fused-ring (bicyclic) bond motifs is 1. The van der Waals surface area contributed by atoms with Gasteiger partial charge >= 0.3 is 0 Å². The predicted octanol–water partition coefficient (Wildman–Crippen LogP) is 3.58. The Labute approximate surface area is 163 Å². The zero-order valence-electron chi connectivity index (χ0n) is 15.1. The number of benzene rings is 3. The molecule has 7 heteroatoms. The van der Waals surface area contributed by atoms with Crippen molar-refractivity contribution in [1.29, 1.82) is 0 Å². The maximum Gasteiger partial charge on any atom is 0.255 e. The van der Waals surface area contributed by atoms with E-state index in [2.05, 4.69) is 5.32 Å². The molecule has 0 radical (unpaired) electrons. The third-order valence-electron chi connectivity index (χ3n) is 4.94. The Hall–Kier alpha value is -2.90. The summed E-state index contributed by atoms with van der Waals surface area (Å²) in [6, 6.07) is 16.7. The number of nitrogens with one attached hydrogen (secondary N) is 1. The molecule has 144 valence electrons. The largest absolute Gasteiger partial charge is 0.506 e.